The molecule has 0 unspecified atom stereocenters. The number of rotatable bonds is 3. The van der Waals surface area contributed by atoms with Gasteiger partial charge in [-0.2, -0.15) is 5.26 Å². The first-order chi connectivity index (χ1) is 9.81. The predicted octanol–water partition coefficient (Wildman–Crippen LogP) is 2.73. The Morgan fingerprint density at radius 2 is 1.95 bits per heavy atom. The van der Waals surface area contributed by atoms with Crippen LogP contribution in [0.2, 0.25) is 5.02 Å². The standard InChI is InChI=1S/C13H9ClFN3O2S/c14-12-2-1-8(7-16)3-13(12)21(19,20)18-11-5-9(15)4-10(17)6-11/h1-6,18H,17H2. The molecule has 0 atom stereocenters. The number of benzene rings is 2. The second-order valence-electron chi connectivity index (χ2n) is 4.14. The number of nitrogen functional groups attached to an aromatic ring is 1. The molecule has 0 aliphatic heterocycles. The van der Waals surface area contributed by atoms with E-state index in [1.165, 1.54) is 18.2 Å². The van der Waals surface area contributed by atoms with Crippen molar-refractivity contribution in [1.82, 2.24) is 0 Å². The maximum absolute atomic E-state index is 13.2. The Balaban J connectivity index is 2.45. The van der Waals surface area contributed by atoms with Crippen molar-refractivity contribution in [3.8, 4) is 6.07 Å². The number of nitrogens with zero attached hydrogens (tertiary/aromatic N) is 1. The van der Waals surface area contributed by atoms with E-state index in [2.05, 4.69) is 4.72 Å². The van der Waals surface area contributed by atoms with Crippen molar-refractivity contribution >= 4 is 33.0 Å². The van der Waals surface area contributed by atoms with Crippen LogP contribution in [0.1, 0.15) is 5.56 Å². The highest BCUT2D eigenvalue weighted by Gasteiger charge is 2.19. The fourth-order valence-corrected chi connectivity index (χ4v) is 3.23. The second-order valence-corrected chi connectivity index (χ2v) is 6.19. The molecule has 108 valence electrons. The van der Waals surface area contributed by atoms with E-state index in [4.69, 9.17) is 22.6 Å². The van der Waals surface area contributed by atoms with Gasteiger partial charge >= 0.3 is 0 Å². The van der Waals surface area contributed by atoms with E-state index in [0.29, 0.717) is 0 Å². The lowest BCUT2D eigenvalue weighted by Crippen LogP contribution is -2.14. The molecule has 0 aliphatic carbocycles. The van der Waals surface area contributed by atoms with Crippen LogP contribution in [-0.2, 0) is 10.0 Å². The summed E-state index contributed by atoms with van der Waals surface area (Å²) in [5.41, 5.74) is 5.62. The first-order valence-electron chi connectivity index (χ1n) is 5.60. The van der Waals surface area contributed by atoms with E-state index >= 15 is 0 Å². The maximum Gasteiger partial charge on any atom is 0.263 e. The van der Waals surface area contributed by atoms with Crippen LogP contribution in [0.4, 0.5) is 15.8 Å². The van der Waals surface area contributed by atoms with Gasteiger partial charge in [0.05, 0.1) is 22.3 Å². The van der Waals surface area contributed by atoms with Gasteiger partial charge in [0.2, 0.25) is 0 Å². The molecule has 0 bridgehead atoms. The van der Waals surface area contributed by atoms with Gasteiger partial charge in [-0.15, -0.1) is 0 Å². The fraction of sp³-hybridized carbons (Fsp3) is 0. The minimum absolute atomic E-state index is 0.0362. The van der Waals surface area contributed by atoms with Crippen LogP contribution in [0.25, 0.3) is 0 Å². The molecular weight excluding hydrogens is 317 g/mol. The number of nitriles is 1. The number of hydrogen-bond acceptors (Lipinski definition) is 4. The first kappa shape index (κ1) is 15.1. The molecule has 2 aromatic rings. The zero-order valence-corrected chi connectivity index (χ0v) is 12.0. The van der Waals surface area contributed by atoms with Gasteiger partial charge in [-0.05, 0) is 36.4 Å². The van der Waals surface area contributed by atoms with Crippen LogP contribution in [0.15, 0.2) is 41.3 Å². The van der Waals surface area contributed by atoms with Gasteiger partial charge in [-0.3, -0.25) is 4.72 Å². The van der Waals surface area contributed by atoms with E-state index in [0.717, 1.165) is 18.2 Å². The van der Waals surface area contributed by atoms with E-state index in [1.54, 1.807) is 0 Å². The number of sulfonamides is 1. The van der Waals surface area contributed by atoms with Crippen molar-refractivity contribution in [1.29, 1.82) is 5.26 Å². The number of nitrogens with two attached hydrogens (primary N) is 1. The van der Waals surface area contributed by atoms with Crippen molar-refractivity contribution in [2.24, 2.45) is 0 Å². The molecule has 3 N–H and O–H groups in total. The van der Waals surface area contributed by atoms with Crippen LogP contribution in [0, 0.1) is 17.1 Å². The molecule has 2 aromatic carbocycles. The maximum atomic E-state index is 13.2. The molecule has 0 saturated heterocycles. The quantitative estimate of drug-likeness (QED) is 0.848. The number of hydrogen-bond donors (Lipinski definition) is 2. The Morgan fingerprint density at radius 1 is 1.24 bits per heavy atom. The van der Waals surface area contributed by atoms with Gasteiger partial charge in [-0.25, -0.2) is 12.8 Å². The molecule has 0 amide bonds. The largest absolute Gasteiger partial charge is 0.399 e. The molecule has 0 heterocycles. The number of nitrogens with one attached hydrogen (secondary N) is 1. The Labute approximate surface area is 125 Å². The summed E-state index contributed by atoms with van der Waals surface area (Å²) < 4.78 is 39.9. The van der Waals surface area contributed by atoms with E-state index in [-0.39, 0.29) is 26.9 Å². The topological polar surface area (TPSA) is 96.0 Å². The predicted molar refractivity (Wildman–Crippen MR) is 77.8 cm³/mol. The van der Waals surface area contributed by atoms with Gasteiger partial charge in [0.1, 0.15) is 10.7 Å². The SMILES string of the molecule is N#Cc1ccc(Cl)c(S(=O)(=O)Nc2cc(N)cc(F)c2)c1. The normalized spacial score (nSPS) is 10.9. The summed E-state index contributed by atoms with van der Waals surface area (Å²) in [6, 6.07) is 8.95. The Kier molecular flexibility index (Phi) is 4.02. The zero-order valence-electron chi connectivity index (χ0n) is 10.5. The average molecular weight is 326 g/mol. The van der Waals surface area contributed by atoms with E-state index < -0.39 is 15.8 Å². The second kappa shape index (κ2) is 5.60. The highest BCUT2D eigenvalue weighted by Crippen LogP contribution is 2.26. The summed E-state index contributed by atoms with van der Waals surface area (Å²) in [6.45, 7) is 0. The summed E-state index contributed by atoms with van der Waals surface area (Å²) in [5.74, 6) is -0.676. The van der Waals surface area contributed by atoms with Crippen LogP contribution < -0.4 is 10.5 Å². The summed E-state index contributed by atoms with van der Waals surface area (Å²) >= 11 is 5.84. The van der Waals surface area contributed by atoms with Gasteiger partial charge in [-0.1, -0.05) is 11.6 Å². The van der Waals surface area contributed by atoms with E-state index in [1.807, 2.05) is 6.07 Å². The summed E-state index contributed by atoms with van der Waals surface area (Å²) in [4.78, 5) is -0.272. The smallest absolute Gasteiger partial charge is 0.263 e. The molecule has 0 saturated carbocycles. The third-order valence-corrected chi connectivity index (χ3v) is 4.39. The lowest BCUT2D eigenvalue weighted by molar-refractivity contribution is 0.601. The van der Waals surface area contributed by atoms with Crippen molar-refractivity contribution in [2.45, 2.75) is 4.90 Å². The van der Waals surface area contributed by atoms with Crippen LogP contribution in [0.3, 0.4) is 0 Å². The molecule has 8 heteroatoms. The fourth-order valence-electron chi connectivity index (χ4n) is 1.66. The van der Waals surface area contributed by atoms with Crippen LogP contribution in [-0.4, -0.2) is 8.42 Å². The summed E-state index contributed by atoms with van der Waals surface area (Å²) in [6.07, 6.45) is 0. The van der Waals surface area contributed by atoms with Gasteiger partial charge in [0.25, 0.3) is 10.0 Å². The lowest BCUT2D eigenvalue weighted by atomic mass is 10.2. The molecule has 0 fully saturated rings. The zero-order chi connectivity index (χ0) is 15.6. The van der Waals surface area contributed by atoms with Gasteiger partial charge < -0.3 is 5.73 Å². The van der Waals surface area contributed by atoms with Crippen LogP contribution >= 0.6 is 11.6 Å². The first-order valence-corrected chi connectivity index (χ1v) is 7.46. The van der Waals surface area contributed by atoms with Crippen molar-refractivity contribution in [3.05, 3.63) is 52.8 Å². The monoisotopic (exact) mass is 325 g/mol. The minimum Gasteiger partial charge on any atom is -0.399 e. The molecule has 0 aliphatic rings. The third-order valence-electron chi connectivity index (χ3n) is 2.52. The molecule has 0 aromatic heterocycles. The Bertz CT molecular complexity index is 827. The lowest BCUT2D eigenvalue weighted by Gasteiger charge is -2.10. The van der Waals surface area contributed by atoms with Crippen molar-refractivity contribution < 1.29 is 12.8 Å². The molecular formula is C13H9ClFN3O2S. The number of halogens is 2. The Morgan fingerprint density at radius 3 is 2.57 bits per heavy atom. The Hall–Kier alpha value is -2.30. The highest BCUT2D eigenvalue weighted by molar-refractivity contribution is 7.92. The average Bonchev–Trinajstić information content (AvgIpc) is 2.37. The van der Waals surface area contributed by atoms with Gasteiger partial charge in [0, 0.05) is 5.69 Å². The van der Waals surface area contributed by atoms with E-state index in [9.17, 15) is 12.8 Å². The number of anilines is 2. The summed E-state index contributed by atoms with van der Waals surface area (Å²) in [7, 11) is -4.07. The van der Waals surface area contributed by atoms with Crippen LogP contribution in [0.5, 0.6) is 0 Å². The van der Waals surface area contributed by atoms with Crippen molar-refractivity contribution in [3.63, 3.8) is 0 Å². The highest BCUT2D eigenvalue weighted by atomic mass is 35.5. The van der Waals surface area contributed by atoms with Crippen molar-refractivity contribution in [2.75, 3.05) is 10.5 Å². The molecule has 0 radical (unpaired) electrons. The van der Waals surface area contributed by atoms with Gasteiger partial charge in [0.15, 0.2) is 0 Å². The summed E-state index contributed by atoms with van der Waals surface area (Å²) in [5, 5.41) is 8.76. The molecule has 0 spiro atoms. The minimum atomic E-state index is -4.07. The molecule has 21 heavy (non-hydrogen) atoms. The third kappa shape index (κ3) is 3.42. The molecule has 5 nitrogen and oxygen atoms in total. The molecule has 2 rings (SSSR count).